The highest BCUT2D eigenvalue weighted by molar-refractivity contribution is 8.00. The average molecular weight is 237 g/mol. The van der Waals surface area contributed by atoms with Gasteiger partial charge in [0.2, 0.25) is 0 Å². The summed E-state index contributed by atoms with van der Waals surface area (Å²) in [5.41, 5.74) is 1.15. The molecule has 2 N–H and O–H groups in total. The molecule has 4 heteroatoms. The highest BCUT2D eigenvalue weighted by Gasteiger charge is 2.28. The van der Waals surface area contributed by atoms with Crippen LogP contribution in [0.1, 0.15) is 19.8 Å². The average Bonchev–Trinajstić information content (AvgIpc) is 2.75. The van der Waals surface area contributed by atoms with Crippen LogP contribution in [0.25, 0.3) is 0 Å². The number of nitrogens with one attached hydrogen (secondary N) is 2. The summed E-state index contributed by atoms with van der Waals surface area (Å²) in [6.07, 6.45) is 4.49. The van der Waals surface area contributed by atoms with Crippen molar-refractivity contribution in [3.05, 3.63) is 18.3 Å². The summed E-state index contributed by atoms with van der Waals surface area (Å²) in [6, 6.07) is 4.06. The van der Waals surface area contributed by atoms with E-state index in [2.05, 4.69) is 34.3 Å². The lowest BCUT2D eigenvalue weighted by Gasteiger charge is -2.23. The molecule has 88 valence electrons. The molecule has 16 heavy (non-hydrogen) atoms. The lowest BCUT2D eigenvalue weighted by molar-refractivity contribution is 0.635. The predicted molar refractivity (Wildman–Crippen MR) is 72.4 cm³/mol. The first-order valence-corrected chi connectivity index (χ1v) is 6.72. The summed E-state index contributed by atoms with van der Waals surface area (Å²) in [5.74, 6) is 2.21. The summed E-state index contributed by atoms with van der Waals surface area (Å²) >= 11 is 2.08. The highest BCUT2D eigenvalue weighted by atomic mass is 32.2. The number of rotatable bonds is 4. The van der Waals surface area contributed by atoms with Crippen LogP contribution in [0.15, 0.2) is 18.3 Å². The van der Waals surface area contributed by atoms with Crippen molar-refractivity contribution in [3.8, 4) is 0 Å². The van der Waals surface area contributed by atoms with Gasteiger partial charge in [0, 0.05) is 36.3 Å². The molecule has 0 bridgehead atoms. The molecule has 1 fully saturated rings. The van der Waals surface area contributed by atoms with Crippen LogP contribution in [0.2, 0.25) is 0 Å². The Morgan fingerprint density at radius 2 is 2.44 bits per heavy atom. The molecule has 1 unspecified atom stereocenters. The van der Waals surface area contributed by atoms with Gasteiger partial charge in [0.05, 0.1) is 0 Å². The molecule has 0 aliphatic carbocycles. The van der Waals surface area contributed by atoms with E-state index in [1.165, 1.54) is 18.6 Å². The summed E-state index contributed by atoms with van der Waals surface area (Å²) < 4.78 is 0.406. The Balaban J connectivity index is 1.93. The van der Waals surface area contributed by atoms with E-state index in [4.69, 9.17) is 0 Å². The normalized spacial score (nSPS) is 24.4. The quantitative estimate of drug-likeness (QED) is 0.844. The second-order valence-corrected chi connectivity index (χ2v) is 6.12. The number of pyridine rings is 1. The van der Waals surface area contributed by atoms with Crippen LogP contribution in [-0.4, -0.2) is 29.1 Å². The summed E-state index contributed by atoms with van der Waals surface area (Å²) in [5, 5.41) is 6.55. The lowest BCUT2D eigenvalue weighted by Crippen LogP contribution is -2.27. The standard InChI is InChI=1S/C12H19N3S/c1-12(5-3-7-16-12)9-15-10-4-6-14-11(8-10)13-2/h4,6,8H,3,5,7,9H2,1-2H3,(H2,13,14,15). The van der Waals surface area contributed by atoms with Crippen LogP contribution in [0.3, 0.4) is 0 Å². The molecular formula is C12H19N3S. The van der Waals surface area contributed by atoms with Crippen molar-refractivity contribution in [1.29, 1.82) is 0 Å². The van der Waals surface area contributed by atoms with E-state index in [0.29, 0.717) is 4.75 Å². The van der Waals surface area contributed by atoms with Gasteiger partial charge >= 0.3 is 0 Å². The fourth-order valence-corrected chi connectivity index (χ4v) is 3.19. The van der Waals surface area contributed by atoms with Crippen molar-refractivity contribution < 1.29 is 0 Å². The van der Waals surface area contributed by atoms with Crippen LogP contribution in [0.4, 0.5) is 11.5 Å². The maximum absolute atomic E-state index is 4.20. The molecule has 1 aliphatic heterocycles. The third-order valence-electron chi connectivity index (χ3n) is 2.98. The lowest BCUT2D eigenvalue weighted by atomic mass is 10.1. The fraction of sp³-hybridized carbons (Fsp3) is 0.583. The first kappa shape index (κ1) is 11.6. The van der Waals surface area contributed by atoms with Gasteiger partial charge in [0.25, 0.3) is 0 Å². The highest BCUT2D eigenvalue weighted by Crippen LogP contribution is 2.37. The molecule has 0 saturated carbocycles. The van der Waals surface area contributed by atoms with Crippen molar-refractivity contribution in [2.24, 2.45) is 0 Å². The molecule has 1 atom stereocenters. The van der Waals surface area contributed by atoms with Gasteiger partial charge < -0.3 is 10.6 Å². The van der Waals surface area contributed by atoms with Crippen LogP contribution in [0.5, 0.6) is 0 Å². The molecule has 1 aliphatic rings. The van der Waals surface area contributed by atoms with Gasteiger partial charge in [-0.1, -0.05) is 0 Å². The summed E-state index contributed by atoms with van der Waals surface area (Å²) in [4.78, 5) is 4.20. The topological polar surface area (TPSA) is 37.0 Å². The molecule has 2 rings (SSSR count). The first-order valence-electron chi connectivity index (χ1n) is 5.73. The van der Waals surface area contributed by atoms with Gasteiger partial charge in [-0.2, -0.15) is 11.8 Å². The molecule has 0 amide bonds. The number of aromatic nitrogens is 1. The smallest absolute Gasteiger partial charge is 0.127 e. The Morgan fingerprint density at radius 1 is 1.56 bits per heavy atom. The molecule has 0 aromatic carbocycles. The SMILES string of the molecule is CNc1cc(NCC2(C)CCCS2)ccn1. The van der Waals surface area contributed by atoms with Gasteiger partial charge in [0.15, 0.2) is 0 Å². The number of thioether (sulfide) groups is 1. The van der Waals surface area contributed by atoms with E-state index in [1.807, 2.05) is 25.4 Å². The molecule has 0 radical (unpaired) electrons. The number of hydrogen-bond donors (Lipinski definition) is 2. The van der Waals surface area contributed by atoms with E-state index >= 15 is 0 Å². The minimum Gasteiger partial charge on any atom is -0.384 e. The number of nitrogens with zero attached hydrogens (tertiary/aromatic N) is 1. The van der Waals surface area contributed by atoms with E-state index in [0.717, 1.165) is 18.1 Å². The molecule has 1 saturated heterocycles. The summed E-state index contributed by atoms with van der Waals surface area (Å²) in [7, 11) is 1.89. The van der Waals surface area contributed by atoms with Gasteiger partial charge in [-0.25, -0.2) is 4.98 Å². The molecular weight excluding hydrogens is 218 g/mol. The van der Waals surface area contributed by atoms with Crippen molar-refractivity contribution >= 4 is 23.3 Å². The molecule has 3 nitrogen and oxygen atoms in total. The number of hydrogen-bond acceptors (Lipinski definition) is 4. The van der Waals surface area contributed by atoms with E-state index in [1.54, 1.807) is 0 Å². The Bertz CT molecular complexity index is 348. The Labute approximate surface area is 101 Å². The van der Waals surface area contributed by atoms with Gasteiger partial charge in [-0.3, -0.25) is 0 Å². The third-order valence-corrected chi connectivity index (χ3v) is 4.52. The molecule has 2 heterocycles. The molecule has 1 aromatic rings. The van der Waals surface area contributed by atoms with Gasteiger partial charge in [-0.15, -0.1) is 0 Å². The van der Waals surface area contributed by atoms with Crippen molar-refractivity contribution in [1.82, 2.24) is 4.98 Å². The van der Waals surface area contributed by atoms with Crippen LogP contribution in [0, 0.1) is 0 Å². The van der Waals surface area contributed by atoms with Crippen molar-refractivity contribution in [2.75, 3.05) is 30.0 Å². The van der Waals surface area contributed by atoms with E-state index in [-0.39, 0.29) is 0 Å². The van der Waals surface area contributed by atoms with Crippen molar-refractivity contribution in [3.63, 3.8) is 0 Å². The Kier molecular flexibility index (Phi) is 3.59. The minimum absolute atomic E-state index is 0.406. The third kappa shape index (κ3) is 2.82. The van der Waals surface area contributed by atoms with E-state index < -0.39 is 0 Å². The van der Waals surface area contributed by atoms with Crippen LogP contribution < -0.4 is 10.6 Å². The first-order chi connectivity index (χ1) is 7.72. The van der Waals surface area contributed by atoms with Gasteiger partial charge in [0.1, 0.15) is 5.82 Å². The van der Waals surface area contributed by atoms with Gasteiger partial charge in [-0.05, 0) is 31.6 Å². The molecule has 0 spiro atoms. The second kappa shape index (κ2) is 4.95. The number of anilines is 2. The zero-order valence-corrected chi connectivity index (χ0v) is 10.7. The Hall–Kier alpha value is -0.900. The second-order valence-electron chi connectivity index (χ2n) is 4.44. The largest absolute Gasteiger partial charge is 0.384 e. The van der Waals surface area contributed by atoms with Crippen LogP contribution >= 0.6 is 11.8 Å². The predicted octanol–water partition coefficient (Wildman–Crippen LogP) is 2.82. The monoisotopic (exact) mass is 237 g/mol. The molecule has 1 aromatic heterocycles. The Morgan fingerprint density at radius 3 is 3.12 bits per heavy atom. The van der Waals surface area contributed by atoms with E-state index in [9.17, 15) is 0 Å². The maximum atomic E-state index is 4.20. The zero-order chi connectivity index (χ0) is 11.4. The van der Waals surface area contributed by atoms with Crippen molar-refractivity contribution in [2.45, 2.75) is 24.5 Å². The fourth-order valence-electron chi connectivity index (χ4n) is 1.94. The maximum Gasteiger partial charge on any atom is 0.127 e. The minimum atomic E-state index is 0.406. The van der Waals surface area contributed by atoms with Crippen LogP contribution in [-0.2, 0) is 0 Å². The zero-order valence-electron chi connectivity index (χ0n) is 9.92. The summed E-state index contributed by atoms with van der Waals surface area (Å²) in [6.45, 7) is 3.38.